The van der Waals surface area contributed by atoms with Crippen LogP contribution in [0.5, 0.6) is 0 Å². The fourth-order valence-electron chi connectivity index (χ4n) is 1.94. The van der Waals surface area contributed by atoms with E-state index in [2.05, 4.69) is 0 Å². The number of rotatable bonds is 7. The van der Waals surface area contributed by atoms with Crippen LogP contribution in [-0.2, 0) is 4.74 Å². The van der Waals surface area contributed by atoms with E-state index < -0.39 is 10.8 Å². The van der Waals surface area contributed by atoms with E-state index in [1.165, 1.54) is 18.1 Å². The summed E-state index contributed by atoms with van der Waals surface area (Å²) in [5.74, 6) is -0.452. The van der Waals surface area contributed by atoms with Crippen molar-refractivity contribution < 1.29 is 14.5 Å². The van der Waals surface area contributed by atoms with E-state index in [0.29, 0.717) is 12.2 Å². The van der Waals surface area contributed by atoms with Gasteiger partial charge in [0.15, 0.2) is 0 Å². The van der Waals surface area contributed by atoms with Gasteiger partial charge in [0, 0.05) is 26.3 Å². The van der Waals surface area contributed by atoms with Gasteiger partial charge in [-0.15, -0.1) is 0 Å². The largest absolute Gasteiger partial charge is 0.383 e. The van der Waals surface area contributed by atoms with Crippen molar-refractivity contribution in [3.05, 3.63) is 39.4 Å². The third kappa shape index (κ3) is 4.26. The predicted molar refractivity (Wildman–Crippen MR) is 75.8 cm³/mol. The summed E-state index contributed by atoms with van der Waals surface area (Å²) in [6.45, 7) is 2.45. The number of hydrogen-bond donors (Lipinski definition) is 0. The highest BCUT2D eigenvalue weighted by Gasteiger charge is 2.26. The standard InChI is InChI=1S/C14H17N3O4/c1-11-5-3-6-12(17(19)20)13(11)14(18)16(8-4-7-15)9-10-21-2/h3,5-6H,4,8-10H2,1-2H3. The molecule has 112 valence electrons. The molecule has 0 unspecified atom stereocenters. The van der Waals surface area contributed by atoms with E-state index in [0.717, 1.165) is 0 Å². The Morgan fingerprint density at radius 3 is 2.76 bits per heavy atom. The van der Waals surface area contributed by atoms with Crippen LogP contribution in [0.3, 0.4) is 0 Å². The number of hydrogen-bond acceptors (Lipinski definition) is 5. The monoisotopic (exact) mass is 291 g/mol. The van der Waals surface area contributed by atoms with E-state index in [1.54, 1.807) is 19.1 Å². The summed E-state index contributed by atoms with van der Waals surface area (Å²) in [5.41, 5.74) is 0.379. The van der Waals surface area contributed by atoms with E-state index in [4.69, 9.17) is 10.00 Å². The van der Waals surface area contributed by atoms with E-state index in [9.17, 15) is 14.9 Å². The number of nitrogens with zero attached hydrogens (tertiary/aromatic N) is 3. The minimum Gasteiger partial charge on any atom is -0.383 e. The maximum atomic E-state index is 12.6. The van der Waals surface area contributed by atoms with Gasteiger partial charge < -0.3 is 9.64 Å². The molecule has 0 saturated heterocycles. The van der Waals surface area contributed by atoms with Gasteiger partial charge in [0.2, 0.25) is 0 Å². The SMILES string of the molecule is COCCN(CCC#N)C(=O)c1c(C)cccc1[N+](=O)[O-]. The Hall–Kier alpha value is -2.46. The second-order valence-electron chi connectivity index (χ2n) is 4.42. The lowest BCUT2D eigenvalue weighted by Crippen LogP contribution is -2.35. The van der Waals surface area contributed by atoms with Crippen LogP contribution in [0.4, 0.5) is 5.69 Å². The van der Waals surface area contributed by atoms with Gasteiger partial charge in [0.1, 0.15) is 5.56 Å². The van der Waals surface area contributed by atoms with Gasteiger partial charge in [-0.25, -0.2) is 0 Å². The third-order valence-corrected chi connectivity index (χ3v) is 3.01. The van der Waals surface area contributed by atoms with Gasteiger partial charge in [-0.2, -0.15) is 5.26 Å². The van der Waals surface area contributed by atoms with Crippen molar-refractivity contribution >= 4 is 11.6 Å². The Labute approximate surface area is 122 Å². The molecular formula is C14H17N3O4. The van der Waals surface area contributed by atoms with E-state index in [1.807, 2.05) is 6.07 Å². The lowest BCUT2D eigenvalue weighted by atomic mass is 10.1. The average molecular weight is 291 g/mol. The number of methoxy groups -OCH3 is 1. The molecule has 1 aromatic rings. The van der Waals surface area contributed by atoms with Gasteiger partial charge in [-0.05, 0) is 12.5 Å². The van der Waals surface area contributed by atoms with Crippen LogP contribution in [-0.4, -0.2) is 42.5 Å². The smallest absolute Gasteiger partial charge is 0.282 e. The minimum atomic E-state index is -0.570. The molecule has 7 nitrogen and oxygen atoms in total. The minimum absolute atomic E-state index is 0.0662. The quantitative estimate of drug-likeness (QED) is 0.564. The Morgan fingerprint density at radius 1 is 1.48 bits per heavy atom. The zero-order valence-electron chi connectivity index (χ0n) is 12.0. The molecule has 0 N–H and O–H groups in total. The summed E-state index contributed by atoms with van der Waals surface area (Å²) in [7, 11) is 1.50. The first-order valence-corrected chi connectivity index (χ1v) is 6.42. The number of nitriles is 1. The number of amides is 1. The van der Waals surface area contributed by atoms with Crippen LogP contribution < -0.4 is 0 Å². The van der Waals surface area contributed by atoms with Gasteiger partial charge in [0.25, 0.3) is 11.6 Å². The summed E-state index contributed by atoms with van der Waals surface area (Å²) in [6.07, 6.45) is 0.162. The first-order valence-electron chi connectivity index (χ1n) is 6.42. The number of carbonyl (C=O) groups is 1. The van der Waals surface area contributed by atoms with Gasteiger partial charge in [0.05, 0.1) is 24.0 Å². The molecule has 1 aromatic carbocycles. The number of carbonyl (C=O) groups excluding carboxylic acids is 1. The highest BCUT2D eigenvalue weighted by Crippen LogP contribution is 2.23. The van der Waals surface area contributed by atoms with Crippen LogP contribution in [0.15, 0.2) is 18.2 Å². The predicted octanol–water partition coefficient (Wildman–Crippen LogP) is 1.91. The van der Waals surface area contributed by atoms with Crippen LogP contribution in [0.25, 0.3) is 0 Å². The summed E-state index contributed by atoms with van der Waals surface area (Å²) < 4.78 is 4.94. The molecule has 0 bridgehead atoms. The van der Waals surface area contributed by atoms with Crippen LogP contribution in [0, 0.1) is 28.4 Å². The van der Waals surface area contributed by atoms with Crippen molar-refractivity contribution in [1.82, 2.24) is 4.90 Å². The molecule has 1 rings (SSSR count). The second-order valence-corrected chi connectivity index (χ2v) is 4.42. The molecule has 0 aliphatic heterocycles. The number of ether oxygens (including phenoxy) is 1. The molecule has 0 fully saturated rings. The molecular weight excluding hydrogens is 274 g/mol. The van der Waals surface area contributed by atoms with Crippen molar-refractivity contribution in [3.63, 3.8) is 0 Å². The first kappa shape index (κ1) is 16.6. The van der Waals surface area contributed by atoms with Gasteiger partial charge in [-0.3, -0.25) is 14.9 Å². The summed E-state index contributed by atoms with van der Waals surface area (Å²) >= 11 is 0. The van der Waals surface area contributed by atoms with E-state index >= 15 is 0 Å². The zero-order valence-corrected chi connectivity index (χ0v) is 12.0. The summed E-state index contributed by atoms with van der Waals surface area (Å²) in [6, 6.07) is 6.46. The maximum absolute atomic E-state index is 12.6. The molecule has 0 aliphatic rings. The number of nitro benzene ring substituents is 1. The topological polar surface area (TPSA) is 96.5 Å². The van der Waals surface area contributed by atoms with Crippen molar-refractivity contribution in [2.75, 3.05) is 26.8 Å². The maximum Gasteiger partial charge on any atom is 0.282 e. The van der Waals surface area contributed by atoms with Crippen LogP contribution in [0.2, 0.25) is 0 Å². The fourth-order valence-corrected chi connectivity index (χ4v) is 1.94. The van der Waals surface area contributed by atoms with Crippen molar-refractivity contribution in [2.45, 2.75) is 13.3 Å². The van der Waals surface area contributed by atoms with Crippen LogP contribution >= 0.6 is 0 Å². The highest BCUT2D eigenvalue weighted by molar-refractivity contribution is 5.99. The van der Waals surface area contributed by atoms with Crippen LogP contribution in [0.1, 0.15) is 22.3 Å². The molecule has 0 aromatic heterocycles. The molecule has 21 heavy (non-hydrogen) atoms. The lowest BCUT2D eigenvalue weighted by Gasteiger charge is -2.22. The molecule has 0 atom stereocenters. The molecule has 7 heteroatoms. The Balaban J connectivity index is 3.13. The van der Waals surface area contributed by atoms with E-state index in [-0.39, 0.29) is 30.8 Å². The van der Waals surface area contributed by atoms with Gasteiger partial charge >= 0.3 is 0 Å². The van der Waals surface area contributed by atoms with Crippen molar-refractivity contribution in [3.8, 4) is 6.07 Å². The molecule has 1 amide bonds. The summed E-state index contributed by atoms with van der Waals surface area (Å²) in [4.78, 5) is 24.5. The van der Waals surface area contributed by atoms with Gasteiger partial charge in [-0.1, -0.05) is 12.1 Å². The molecule has 0 saturated carbocycles. The average Bonchev–Trinajstić information content (AvgIpc) is 2.46. The first-order chi connectivity index (χ1) is 10.0. The molecule has 0 heterocycles. The third-order valence-electron chi connectivity index (χ3n) is 3.01. The summed E-state index contributed by atoms with van der Waals surface area (Å²) in [5, 5.41) is 19.7. The normalized spacial score (nSPS) is 9.95. The van der Waals surface area contributed by atoms with Crippen molar-refractivity contribution in [1.29, 1.82) is 5.26 Å². The Kier molecular flexibility index (Phi) is 6.30. The zero-order chi connectivity index (χ0) is 15.8. The molecule has 0 spiro atoms. The second kappa shape index (κ2) is 7.97. The number of benzene rings is 1. The lowest BCUT2D eigenvalue weighted by molar-refractivity contribution is -0.385. The fraction of sp³-hybridized carbons (Fsp3) is 0.429. The van der Waals surface area contributed by atoms with Crippen molar-refractivity contribution in [2.24, 2.45) is 0 Å². The highest BCUT2D eigenvalue weighted by atomic mass is 16.6. The molecule has 0 radical (unpaired) electrons. The molecule has 0 aliphatic carbocycles. The Morgan fingerprint density at radius 2 is 2.19 bits per heavy atom. The number of aryl methyl sites for hydroxylation is 1. The number of nitro groups is 1. The Bertz CT molecular complexity index is 566.